The number of rotatable bonds is 4. The molecule has 44 heavy (non-hydrogen) atoms. The minimum atomic E-state index is -0.120. The highest BCUT2D eigenvalue weighted by atomic mass is 14.9. The topological polar surface area (TPSA) is 62.5 Å². The molecule has 4 heteroatoms. The van der Waals surface area contributed by atoms with Crippen molar-refractivity contribution in [3.63, 3.8) is 0 Å². The number of pyridine rings is 1. The van der Waals surface area contributed by atoms with E-state index in [1.54, 1.807) is 6.20 Å². The molecule has 2 aliphatic rings. The Morgan fingerprint density at radius 2 is 1.32 bits per heavy atom. The predicted octanol–water partition coefficient (Wildman–Crippen LogP) is 9.64. The Morgan fingerprint density at radius 3 is 2.07 bits per heavy atom. The van der Waals surface area contributed by atoms with Gasteiger partial charge >= 0.3 is 0 Å². The van der Waals surface area contributed by atoms with Gasteiger partial charge in [-0.1, -0.05) is 104 Å². The van der Waals surface area contributed by atoms with E-state index in [1.165, 1.54) is 41.5 Å². The van der Waals surface area contributed by atoms with Crippen molar-refractivity contribution >= 4 is 0 Å². The highest BCUT2D eigenvalue weighted by Gasteiger charge is 2.45. The van der Waals surface area contributed by atoms with Crippen LogP contribution in [0.5, 0.6) is 0 Å². The van der Waals surface area contributed by atoms with Crippen molar-refractivity contribution < 1.29 is 0 Å². The molecule has 1 spiro atoms. The third-order valence-corrected chi connectivity index (χ3v) is 9.43. The predicted molar refractivity (Wildman–Crippen MR) is 176 cm³/mol. The van der Waals surface area contributed by atoms with E-state index in [0.717, 1.165) is 57.6 Å². The van der Waals surface area contributed by atoms with E-state index in [9.17, 15) is 5.26 Å². The van der Waals surface area contributed by atoms with Gasteiger partial charge in [-0.3, -0.25) is 4.98 Å². The molecular formula is C40H30N4. The second-order valence-electron chi connectivity index (χ2n) is 11.9. The summed E-state index contributed by atoms with van der Waals surface area (Å²) in [5.41, 5.74) is 12.8. The lowest BCUT2D eigenvalue weighted by Crippen LogP contribution is -2.29. The molecule has 2 aromatic heterocycles. The van der Waals surface area contributed by atoms with Crippen LogP contribution in [0.25, 0.3) is 56.2 Å². The first kappa shape index (κ1) is 26.2. The van der Waals surface area contributed by atoms with E-state index in [-0.39, 0.29) is 5.41 Å². The van der Waals surface area contributed by atoms with Gasteiger partial charge in [0.05, 0.1) is 23.0 Å². The summed E-state index contributed by atoms with van der Waals surface area (Å²) in [6.45, 7) is 0. The molecule has 0 radical (unpaired) electrons. The average Bonchev–Trinajstić information content (AvgIpc) is 3.37. The molecule has 0 saturated heterocycles. The van der Waals surface area contributed by atoms with Gasteiger partial charge in [0.2, 0.25) is 0 Å². The summed E-state index contributed by atoms with van der Waals surface area (Å²) in [5, 5.41) is 10.1. The van der Waals surface area contributed by atoms with Gasteiger partial charge in [0.1, 0.15) is 0 Å². The standard InChI is InChI=1S/C40H30N4/c41-25-31-11-7-13-34-33-19-18-30(23-35(33)40(38(31)34)20-5-2-6-21-40)37-24-36(43-39(44-37)29-9-3-1-4-10-29)28-16-14-27(15-17-28)32-12-8-22-42-26-32/h1,3-4,7-19,22-24,26H,2,5-6,20-21H2. The number of hydrogen-bond donors (Lipinski definition) is 0. The van der Waals surface area contributed by atoms with Gasteiger partial charge in [-0.25, -0.2) is 9.97 Å². The van der Waals surface area contributed by atoms with Gasteiger partial charge in [0, 0.05) is 34.5 Å². The molecule has 2 aliphatic carbocycles. The summed E-state index contributed by atoms with van der Waals surface area (Å²) in [4.78, 5) is 14.5. The Kier molecular flexibility index (Phi) is 6.38. The van der Waals surface area contributed by atoms with Crippen LogP contribution in [0.4, 0.5) is 0 Å². The molecule has 0 atom stereocenters. The Balaban J connectivity index is 1.27. The quantitative estimate of drug-likeness (QED) is 0.213. The molecule has 0 aliphatic heterocycles. The van der Waals surface area contributed by atoms with Gasteiger partial charge in [-0.05, 0) is 70.5 Å². The fraction of sp³-hybridized carbons (Fsp3) is 0.150. The number of aromatic nitrogens is 3. The smallest absolute Gasteiger partial charge is 0.160 e. The van der Waals surface area contributed by atoms with E-state index in [0.29, 0.717) is 5.82 Å². The van der Waals surface area contributed by atoms with Crippen LogP contribution in [0.1, 0.15) is 48.8 Å². The lowest BCUT2D eigenvalue weighted by atomic mass is 9.66. The summed E-state index contributed by atoms with van der Waals surface area (Å²) in [6, 6.07) is 40.4. The maximum Gasteiger partial charge on any atom is 0.160 e. The molecule has 2 heterocycles. The van der Waals surface area contributed by atoms with Crippen molar-refractivity contribution in [2.45, 2.75) is 37.5 Å². The molecule has 0 unspecified atom stereocenters. The zero-order valence-corrected chi connectivity index (χ0v) is 24.4. The van der Waals surface area contributed by atoms with Crippen LogP contribution < -0.4 is 0 Å². The Labute approximate surface area is 257 Å². The largest absolute Gasteiger partial charge is 0.264 e. The zero-order chi connectivity index (χ0) is 29.5. The fourth-order valence-corrected chi connectivity index (χ4v) is 7.36. The number of benzene rings is 4. The van der Waals surface area contributed by atoms with Crippen molar-refractivity contribution in [3.05, 3.63) is 138 Å². The van der Waals surface area contributed by atoms with E-state index >= 15 is 0 Å². The van der Waals surface area contributed by atoms with Crippen LogP contribution in [0.3, 0.4) is 0 Å². The Morgan fingerprint density at radius 1 is 0.591 bits per heavy atom. The molecular weight excluding hydrogens is 536 g/mol. The van der Waals surface area contributed by atoms with Crippen LogP contribution in [0.15, 0.2) is 122 Å². The van der Waals surface area contributed by atoms with Crippen molar-refractivity contribution in [1.82, 2.24) is 15.0 Å². The Bertz CT molecular complexity index is 2030. The van der Waals surface area contributed by atoms with Gasteiger partial charge < -0.3 is 0 Å². The highest BCUT2D eigenvalue weighted by molar-refractivity contribution is 5.86. The molecule has 210 valence electrons. The first-order valence-corrected chi connectivity index (χ1v) is 15.4. The van der Waals surface area contributed by atoms with Gasteiger partial charge in [0.15, 0.2) is 5.82 Å². The van der Waals surface area contributed by atoms with E-state index in [1.807, 2.05) is 42.6 Å². The maximum atomic E-state index is 10.1. The molecule has 0 N–H and O–H groups in total. The molecule has 4 aromatic carbocycles. The molecule has 0 bridgehead atoms. The molecule has 1 fully saturated rings. The van der Waals surface area contributed by atoms with Gasteiger partial charge in [0.25, 0.3) is 0 Å². The average molecular weight is 567 g/mol. The molecule has 0 amide bonds. The minimum Gasteiger partial charge on any atom is -0.264 e. The first-order valence-electron chi connectivity index (χ1n) is 15.4. The second kappa shape index (κ2) is 10.7. The van der Waals surface area contributed by atoms with E-state index < -0.39 is 0 Å². The summed E-state index contributed by atoms with van der Waals surface area (Å²) in [5.74, 6) is 0.706. The molecule has 4 nitrogen and oxygen atoms in total. The van der Waals surface area contributed by atoms with Crippen LogP contribution in [0.2, 0.25) is 0 Å². The summed E-state index contributed by atoms with van der Waals surface area (Å²) in [7, 11) is 0. The van der Waals surface area contributed by atoms with Crippen molar-refractivity contribution in [2.75, 3.05) is 0 Å². The Hall–Kier alpha value is -5.40. The summed E-state index contributed by atoms with van der Waals surface area (Å²) < 4.78 is 0. The number of fused-ring (bicyclic) bond motifs is 5. The molecule has 1 saturated carbocycles. The second-order valence-corrected chi connectivity index (χ2v) is 11.9. The highest BCUT2D eigenvalue weighted by Crippen LogP contribution is 2.57. The maximum absolute atomic E-state index is 10.1. The minimum absolute atomic E-state index is 0.120. The zero-order valence-electron chi connectivity index (χ0n) is 24.4. The fourth-order valence-electron chi connectivity index (χ4n) is 7.36. The monoisotopic (exact) mass is 566 g/mol. The van der Waals surface area contributed by atoms with E-state index in [4.69, 9.17) is 9.97 Å². The van der Waals surface area contributed by atoms with Crippen LogP contribution in [0, 0.1) is 11.3 Å². The third-order valence-electron chi connectivity index (χ3n) is 9.43. The number of nitriles is 1. The molecule has 6 aromatic rings. The van der Waals surface area contributed by atoms with E-state index in [2.05, 4.69) is 83.8 Å². The first-order chi connectivity index (χ1) is 21.7. The lowest BCUT2D eigenvalue weighted by Gasteiger charge is -2.36. The van der Waals surface area contributed by atoms with Crippen molar-refractivity contribution in [1.29, 1.82) is 5.26 Å². The summed E-state index contributed by atoms with van der Waals surface area (Å²) in [6.07, 6.45) is 9.42. The normalized spacial score (nSPS) is 14.5. The van der Waals surface area contributed by atoms with Crippen molar-refractivity contribution in [3.8, 4) is 62.2 Å². The SMILES string of the molecule is N#Cc1cccc2c1C1(CCCCC1)c1cc(-c3cc(-c4ccc(-c5cccnc5)cc4)nc(-c4ccccc4)n3)ccc1-2. The van der Waals surface area contributed by atoms with Crippen molar-refractivity contribution in [2.24, 2.45) is 0 Å². The van der Waals surface area contributed by atoms with Crippen LogP contribution in [-0.4, -0.2) is 15.0 Å². The van der Waals surface area contributed by atoms with Gasteiger partial charge in [-0.15, -0.1) is 0 Å². The van der Waals surface area contributed by atoms with Crippen LogP contribution in [-0.2, 0) is 5.41 Å². The third kappa shape index (κ3) is 4.32. The van der Waals surface area contributed by atoms with Gasteiger partial charge in [-0.2, -0.15) is 5.26 Å². The lowest BCUT2D eigenvalue weighted by molar-refractivity contribution is 0.352. The number of hydrogen-bond acceptors (Lipinski definition) is 4. The number of nitrogens with zero attached hydrogens (tertiary/aromatic N) is 4. The summed E-state index contributed by atoms with van der Waals surface area (Å²) >= 11 is 0. The van der Waals surface area contributed by atoms with Crippen LogP contribution >= 0.6 is 0 Å². The molecule has 8 rings (SSSR count).